The Morgan fingerprint density at radius 2 is 1.73 bits per heavy atom. The number of likely N-dealkylation sites (tertiary alicyclic amines) is 1. The molecule has 2 N–H and O–H groups in total. The lowest BCUT2D eigenvalue weighted by molar-refractivity contribution is 0.183. The first-order valence-electron chi connectivity index (χ1n) is 4.55. The van der Waals surface area contributed by atoms with Gasteiger partial charge in [-0.2, -0.15) is 0 Å². The predicted octanol–water partition coefficient (Wildman–Crippen LogP) is 1.21. The maximum Gasteiger partial charge on any atom is 0.0252 e. The standard InChI is InChI=1S/C9H20N2/c1-8(9(2,3)10)11-6-4-5-7-11/h8H,4-7,10H2,1-3H3. The molecule has 1 fully saturated rings. The molecule has 2 heteroatoms. The highest BCUT2D eigenvalue weighted by molar-refractivity contribution is 4.88. The summed E-state index contributed by atoms with van der Waals surface area (Å²) in [6.45, 7) is 8.92. The van der Waals surface area contributed by atoms with Gasteiger partial charge in [-0.15, -0.1) is 0 Å². The summed E-state index contributed by atoms with van der Waals surface area (Å²) in [5.41, 5.74) is 5.97. The van der Waals surface area contributed by atoms with Crippen molar-refractivity contribution >= 4 is 0 Å². The molecule has 1 rings (SSSR count). The van der Waals surface area contributed by atoms with Crippen molar-refractivity contribution in [1.29, 1.82) is 0 Å². The van der Waals surface area contributed by atoms with Crippen LogP contribution in [0.5, 0.6) is 0 Å². The number of hydrogen-bond donors (Lipinski definition) is 1. The highest BCUT2D eigenvalue weighted by Crippen LogP contribution is 2.18. The average molecular weight is 156 g/mol. The first kappa shape index (κ1) is 9.01. The van der Waals surface area contributed by atoms with Crippen LogP contribution in [0, 0.1) is 0 Å². The van der Waals surface area contributed by atoms with Gasteiger partial charge in [0, 0.05) is 11.6 Å². The topological polar surface area (TPSA) is 29.3 Å². The zero-order valence-electron chi connectivity index (χ0n) is 7.93. The average Bonchev–Trinajstić information content (AvgIpc) is 2.34. The summed E-state index contributed by atoms with van der Waals surface area (Å²) < 4.78 is 0. The van der Waals surface area contributed by atoms with Crippen molar-refractivity contribution in [3.63, 3.8) is 0 Å². The van der Waals surface area contributed by atoms with E-state index in [0.717, 1.165) is 0 Å². The maximum absolute atomic E-state index is 6.02. The second-order valence-electron chi connectivity index (χ2n) is 4.24. The third-order valence-corrected chi connectivity index (χ3v) is 2.77. The van der Waals surface area contributed by atoms with Gasteiger partial charge in [-0.05, 0) is 46.7 Å². The van der Waals surface area contributed by atoms with Crippen molar-refractivity contribution in [3.05, 3.63) is 0 Å². The van der Waals surface area contributed by atoms with Crippen molar-refractivity contribution in [2.45, 2.75) is 45.2 Å². The number of nitrogens with two attached hydrogens (primary N) is 1. The molecular weight excluding hydrogens is 136 g/mol. The van der Waals surface area contributed by atoms with Crippen LogP contribution in [0.1, 0.15) is 33.6 Å². The Bertz CT molecular complexity index is 120. The van der Waals surface area contributed by atoms with E-state index < -0.39 is 0 Å². The van der Waals surface area contributed by atoms with Gasteiger partial charge in [0.15, 0.2) is 0 Å². The summed E-state index contributed by atoms with van der Waals surface area (Å²) in [5, 5.41) is 0. The second-order valence-corrected chi connectivity index (χ2v) is 4.24. The fraction of sp³-hybridized carbons (Fsp3) is 1.00. The third kappa shape index (κ3) is 2.17. The molecule has 11 heavy (non-hydrogen) atoms. The van der Waals surface area contributed by atoms with E-state index >= 15 is 0 Å². The van der Waals surface area contributed by atoms with E-state index in [9.17, 15) is 0 Å². The smallest absolute Gasteiger partial charge is 0.0252 e. The summed E-state index contributed by atoms with van der Waals surface area (Å²) in [7, 11) is 0. The Morgan fingerprint density at radius 1 is 1.27 bits per heavy atom. The molecule has 0 aromatic heterocycles. The van der Waals surface area contributed by atoms with E-state index in [4.69, 9.17) is 5.73 Å². The minimum Gasteiger partial charge on any atom is -0.324 e. The van der Waals surface area contributed by atoms with Crippen LogP contribution in [-0.4, -0.2) is 29.6 Å². The fourth-order valence-electron chi connectivity index (χ4n) is 1.60. The van der Waals surface area contributed by atoms with Crippen molar-refractivity contribution < 1.29 is 0 Å². The molecule has 1 heterocycles. The Hall–Kier alpha value is -0.0800. The molecule has 0 saturated carbocycles. The lowest BCUT2D eigenvalue weighted by atomic mass is 9.96. The molecule has 2 nitrogen and oxygen atoms in total. The number of hydrogen-bond acceptors (Lipinski definition) is 2. The highest BCUT2D eigenvalue weighted by Gasteiger charge is 2.28. The van der Waals surface area contributed by atoms with Gasteiger partial charge < -0.3 is 5.73 Å². The molecule has 1 saturated heterocycles. The molecule has 66 valence electrons. The summed E-state index contributed by atoms with van der Waals surface area (Å²) in [6.07, 6.45) is 2.70. The largest absolute Gasteiger partial charge is 0.324 e. The van der Waals surface area contributed by atoms with Gasteiger partial charge in [0.05, 0.1) is 0 Å². The molecule has 0 aromatic carbocycles. The molecule has 0 spiro atoms. The van der Waals surface area contributed by atoms with E-state index in [1.807, 2.05) is 0 Å². The molecule has 1 aliphatic rings. The summed E-state index contributed by atoms with van der Waals surface area (Å²) in [4.78, 5) is 2.49. The Kier molecular flexibility index (Phi) is 2.55. The van der Waals surface area contributed by atoms with Crippen LogP contribution in [-0.2, 0) is 0 Å². The normalized spacial score (nSPS) is 24.0. The van der Waals surface area contributed by atoms with Crippen molar-refractivity contribution in [2.24, 2.45) is 5.73 Å². The molecule has 1 atom stereocenters. The van der Waals surface area contributed by atoms with Crippen LogP contribution in [0.4, 0.5) is 0 Å². The molecule has 0 amide bonds. The van der Waals surface area contributed by atoms with Gasteiger partial charge in [-0.1, -0.05) is 0 Å². The Balaban J connectivity index is 2.46. The molecular formula is C9H20N2. The highest BCUT2D eigenvalue weighted by atomic mass is 15.2. The van der Waals surface area contributed by atoms with E-state index in [1.54, 1.807) is 0 Å². The summed E-state index contributed by atoms with van der Waals surface area (Å²) >= 11 is 0. The first-order chi connectivity index (χ1) is 5.02. The SMILES string of the molecule is CC(N1CCCC1)C(C)(C)N. The zero-order valence-corrected chi connectivity index (χ0v) is 7.93. The van der Waals surface area contributed by atoms with E-state index in [-0.39, 0.29) is 5.54 Å². The van der Waals surface area contributed by atoms with Crippen molar-refractivity contribution in [2.75, 3.05) is 13.1 Å². The van der Waals surface area contributed by atoms with E-state index in [0.29, 0.717) is 6.04 Å². The Morgan fingerprint density at radius 3 is 2.09 bits per heavy atom. The van der Waals surface area contributed by atoms with E-state index in [1.165, 1.54) is 25.9 Å². The molecule has 0 radical (unpaired) electrons. The lowest BCUT2D eigenvalue weighted by Crippen LogP contribution is -2.52. The van der Waals surface area contributed by atoms with Crippen LogP contribution in [0.3, 0.4) is 0 Å². The van der Waals surface area contributed by atoms with Gasteiger partial charge in [-0.25, -0.2) is 0 Å². The minimum absolute atomic E-state index is 0.0513. The van der Waals surface area contributed by atoms with Crippen LogP contribution in [0.2, 0.25) is 0 Å². The predicted molar refractivity (Wildman–Crippen MR) is 48.5 cm³/mol. The summed E-state index contributed by atoms with van der Waals surface area (Å²) in [5.74, 6) is 0. The first-order valence-corrected chi connectivity index (χ1v) is 4.55. The van der Waals surface area contributed by atoms with Gasteiger partial charge in [0.1, 0.15) is 0 Å². The molecule has 0 aromatic rings. The quantitative estimate of drug-likeness (QED) is 0.651. The van der Waals surface area contributed by atoms with Crippen LogP contribution in [0.25, 0.3) is 0 Å². The number of nitrogens with zero attached hydrogens (tertiary/aromatic N) is 1. The molecule has 1 aliphatic heterocycles. The van der Waals surface area contributed by atoms with Gasteiger partial charge >= 0.3 is 0 Å². The Labute approximate surface area is 69.8 Å². The van der Waals surface area contributed by atoms with E-state index in [2.05, 4.69) is 25.7 Å². The molecule has 1 unspecified atom stereocenters. The van der Waals surface area contributed by atoms with Crippen molar-refractivity contribution in [3.8, 4) is 0 Å². The van der Waals surface area contributed by atoms with Crippen molar-refractivity contribution in [1.82, 2.24) is 4.90 Å². The third-order valence-electron chi connectivity index (χ3n) is 2.77. The zero-order chi connectivity index (χ0) is 8.48. The number of rotatable bonds is 2. The van der Waals surface area contributed by atoms with Gasteiger partial charge in [0.25, 0.3) is 0 Å². The van der Waals surface area contributed by atoms with Crippen LogP contribution in [0.15, 0.2) is 0 Å². The van der Waals surface area contributed by atoms with Crippen LogP contribution < -0.4 is 5.73 Å². The monoisotopic (exact) mass is 156 g/mol. The van der Waals surface area contributed by atoms with Gasteiger partial charge in [-0.3, -0.25) is 4.90 Å². The molecule has 0 bridgehead atoms. The van der Waals surface area contributed by atoms with Crippen LogP contribution >= 0.6 is 0 Å². The van der Waals surface area contributed by atoms with Gasteiger partial charge in [0.2, 0.25) is 0 Å². The molecule has 0 aliphatic carbocycles. The summed E-state index contributed by atoms with van der Waals surface area (Å²) in [6, 6.07) is 0.519. The second kappa shape index (κ2) is 3.11. The minimum atomic E-state index is -0.0513. The fourth-order valence-corrected chi connectivity index (χ4v) is 1.60. The lowest BCUT2D eigenvalue weighted by Gasteiger charge is -2.34. The maximum atomic E-state index is 6.02.